The summed E-state index contributed by atoms with van der Waals surface area (Å²) in [5.41, 5.74) is -0.0155. The summed E-state index contributed by atoms with van der Waals surface area (Å²) in [5.74, 6) is -5.49. The summed E-state index contributed by atoms with van der Waals surface area (Å²) in [7, 11) is 0. The van der Waals surface area contributed by atoms with E-state index in [4.69, 9.17) is 9.47 Å². The van der Waals surface area contributed by atoms with Gasteiger partial charge in [-0.2, -0.15) is 0 Å². The number of unbranched alkanes of at least 4 members (excludes halogenated alkanes) is 3. The number of hydrogen-bond donors (Lipinski definition) is 0. The van der Waals surface area contributed by atoms with Crippen molar-refractivity contribution in [1.82, 2.24) is 0 Å². The van der Waals surface area contributed by atoms with Gasteiger partial charge in [0, 0.05) is 0 Å². The molecular formula is C17H21F3O4. The van der Waals surface area contributed by atoms with E-state index in [-0.39, 0.29) is 18.4 Å². The van der Waals surface area contributed by atoms with Gasteiger partial charge in [-0.05, 0) is 24.1 Å². The van der Waals surface area contributed by atoms with Crippen molar-refractivity contribution in [2.24, 2.45) is 0 Å². The van der Waals surface area contributed by atoms with Crippen LogP contribution in [0.4, 0.5) is 13.2 Å². The summed E-state index contributed by atoms with van der Waals surface area (Å²) in [6, 6.07) is 1.49. The second kappa shape index (κ2) is 10.7. The highest BCUT2D eigenvalue weighted by atomic mass is 19.2. The summed E-state index contributed by atoms with van der Waals surface area (Å²) in [5, 5.41) is 0. The number of rotatable bonds is 10. The predicted octanol–water partition coefficient (Wildman–Crippen LogP) is 4.05. The minimum absolute atomic E-state index is 0.0155. The molecule has 0 saturated heterocycles. The van der Waals surface area contributed by atoms with Crippen molar-refractivity contribution in [3.8, 4) is 0 Å². The zero-order valence-corrected chi connectivity index (χ0v) is 13.6. The third kappa shape index (κ3) is 7.48. The van der Waals surface area contributed by atoms with Crippen LogP contribution in [0.15, 0.2) is 12.1 Å². The summed E-state index contributed by atoms with van der Waals surface area (Å²) in [6.07, 6.45) is 3.61. The lowest BCUT2D eigenvalue weighted by atomic mass is 10.2. The van der Waals surface area contributed by atoms with Crippen LogP contribution in [0.2, 0.25) is 0 Å². The van der Waals surface area contributed by atoms with E-state index in [9.17, 15) is 22.8 Å². The number of ether oxygens (including phenoxy) is 2. The van der Waals surface area contributed by atoms with E-state index in [0.29, 0.717) is 6.61 Å². The maximum atomic E-state index is 13.0. The molecular weight excluding hydrogens is 325 g/mol. The number of halogens is 3. The molecule has 0 fully saturated rings. The van der Waals surface area contributed by atoms with Crippen molar-refractivity contribution in [1.29, 1.82) is 0 Å². The Kier molecular flexibility index (Phi) is 8.89. The number of esters is 2. The molecule has 0 spiro atoms. The van der Waals surface area contributed by atoms with Crippen LogP contribution in [0, 0.1) is 17.5 Å². The van der Waals surface area contributed by atoms with E-state index in [1.807, 2.05) is 0 Å². The largest absolute Gasteiger partial charge is 0.466 e. The van der Waals surface area contributed by atoms with Gasteiger partial charge in [-0.25, -0.2) is 13.2 Å². The Bertz CT molecular complexity index is 538. The SMILES string of the molecule is CCCCCCOC(=O)CCC(=O)OCc1cc(F)c(F)c(F)c1. The molecule has 4 nitrogen and oxygen atoms in total. The average molecular weight is 346 g/mol. The van der Waals surface area contributed by atoms with Gasteiger partial charge in [-0.15, -0.1) is 0 Å². The van der Waals surface area contributed by atoms with Gasteiger partial charge < -0.3 is 9.47 Å². The molecule has 0 aliphatic heterocycles. The number of benzene rings is 1. The fourth-order valence-electron chi connectivity index (χ4n) is 1.92. The molecule has 7 heteroatoms. The van der Waals surface area contributed by atoms with Crippen LogP contribution in [0.25, 0.3) is 0 Å². The smallest absolute Gasteiger partial charge is 0.306 e. The van der Waals surface area contributed by atoms with Gasteiger partial charge >= 0.3 is 11.9 Å². The van der Waals surface area contributed by atoms with Crippen molar-refractivity contribution in [3.05, 3.63) is 35.1 Å². The first kappa shape index (κ1) is 20.0. The highest BCUT2D eigenvalue weighted by molar-refractivity contribution is 5.77. The van der Waals surface area contributed by atoms with Crippen LogP contribution in [0.5, 0.6) is 0 Å². The molecule has 0 heterocycles. The van der Waals surface area contributed by atoms with Crippen molar-refractivity contribution >= 4 is 11.9 Å². The van der Waals surface area contributed by atoms with Crippen LogP contribution >= 0.6 is 0 Å². The molecule has 0 amide bonds. The van der Waals surface area contributed by atoms with Gasteiger partial charge in [-0.1, -0.05) is 26.2 Å². The Morgan fingerprint density at radius 2 is 1.50 bits per heavy atom. The maximum absolute atomic E-state index is 13.0. The van der Waals surface area contributed by atoms with Crippen LogP contribution in [0.1, 0.15) is 51.0 Å². The molecule has 0 unspecified atom stereocenters. The van der Waals surface area contributed by atoms with Gasteiger partial charge in [0.1, 0.15) is 6.61 Å². The van der Waals surface area contributed by atoms with E-state index >= 15 is 0 Å². The van der Waals surface area contributed by atoms with Crippen molar-refractivity contribution < 1.29 is 32.2 Å². The van der Waals surface area contributed by atoms with Gasteiger partial charge in [-0.3, -0.25) is 9.59 Å². The van der Waals surface area contributed by atoms with Gasteiger partial charge in [0.15, 0.2) is 17.5 Å². The minimum atomic E-state index is -1.58. The van der Waals surface area contributed by atoms with Crippen LogP contribution in [-0.2, 0) is 25.7 Å². The predicted molar refractivity (Wildman–Crippen MR) is 80.4 cm³/mol. The van der Waals surface area contributed by atoms with E-state index in [1.165, 1.54) is 0 Å². The minimum Gasteiger partial charge on any atom is -0.466 e. The third-order valence-corrected chi connectivity index (χ3v) is 3.24. The number of carbonyl (C=O) groups excluding carboxylic acids is 2. The van der Waals surface area contributed by atoms with Gasteiger partial charge in [0.25, 0.3) is 0 Å². The van der Waals surface area contributed by atoms with Gasteiger partial charge in [0.05, 0.1) is 19.4 Å². The molecule has 0 N–H and O–H groups in total. The Morgan fingerprint density at radius 1 is 0.917 bits per heavy atom. The lowest BCUT2D eigenvalue weighted by Crippen LogP contribution is -2.11. The fraction of sp³-hybridized carbons (Fsp3) is 0.529. The Balaban J connectivity index is 2.23. The second-order valence-corrected chi connectivity index (χ2v) is 5.32. The van der Waals surface area contributed by atoms with Crippen molar-refractivity contribution in [2.45, 2.75) is 52.1 Å². The highest BCUT2D eigenvalue weighted by Gasteiger charge is 2.13. The lowest BCUT2D eigenvalue weighted by molar-refractivity contribution is -0.151. The summed E-state index contributed by atoms with van der Waals surface area (Å²) in [4.78, 5) is 22.9. The number of carbonyl (C=O) groups is 2. The van der Waals surface area contributed by atoms with Crippen LogP contribution < -0.4 is 0 Å². The first-order chi connectivity index (χ1) is 11.4. The molecule has 1 aromatic carbocycles. The van der Waals surface area contributed by atoms with Crippen LogP contribution in [0.3, 0.4) is 0 Å². The molecule has 0 bridgehead atoms. The highest BCUT2D eigenvalue weighted by Crippen LogP contribution is 2.14. The van der Waals surface area contributed by atoms with Crippen molar-refractivity contribution in [3.63, 3.8) is 0 Å². The standard InChI is InChI=1S/C17H21F3O4/c1-2-3-4-5-8-23-15(21)6-7-16(22)24-11-12-9-13(18)17(20)14(19)10-12/h9-10H,2-8,11H2,1H3. The first-order valence-electron chi connectivity index (χ1n) is 7.88. The van der Waals surface area contributed by atoms with E-state index < -0.39 is 36.0 Å². The second-order valence-electron chi connectivity index (χ2n) is 5.32. The summed E-state index contributed by atoms with van der Waals surface area (Å²) < 4.78 is 48.5. The molecule has 0 atom stereocenters. The molecule has 1 rings (SSSR count). The molecule has 134 valence electrons. The Labute approximate surface area is 138 Å². The molecule has 0 aliphatic carbocycles. The van der Waals surface area contributed by atoms with Crippen LogP contribution in [-0.4, -0.2) is 18.5 Å². The molecule has 1 aromatic rings. The van der Waals surface area contributed by atoms with Crippen molar-refractivity contribution in [2.75, 3.05) is 6.61 Å². The lowest BCUT2D eigenvalue weighted by Gasteiger charge is -2.07. The van der Waals surface area contributed by atoms with Gasteiger partial charge in [0.2, 0.25) is 0 Å². The Morgan fingerprint density at radius 3 is 2.08 bits per heavy atom. The summed E-state index contributed by atoms with van der Waals surface area (Å²) in [6.45, 7) is 1.99. The maximum Gasteiger partial charge on any atom is 0.306 e. The number of hydrogen-bond acceptors (Lipinski definition) is 4. The molecule has 0 radical (unpaired) electrons. The first-order valence-corrected chi connectivity index (χ1v) is 7.88. The van der Waals surface area contributed by atoms with E-state index in [1.54, 1.807) is 0 Å². The zero-order valence-electron chi connectivity index (χ0n) is 13.6. The zero-order chi connectivity index (χ0) is 17.9. The molecule has 0 saturated carbocycles. The van der Waals surface area contributed by atoms with E-state index in [0.717, 1.165) is 37.8 Å². The Hall–Kier alpha value is -2.05. The average Bonchev–Trinajstić information content (AvgIpc) is 2.55. The fourth-order valence-corrected chi connectivity index (χ4v) is 1.92. The molecule has 0 aliphatic rings. The quantitative estimate of drug-likeness (QED) is 0.364. The monoisotopic (exact) mass is 346 g/mol. The molecule has 24 heavy (non-hydrogen) atoms. The third-order valence-electron chi connectivity index (χ3n) is 3.24. The normalized spacial score (nSPS) is 10.5. The van der Waals surface area contributed by atoms with E-state index in [2.05, 4.69) is 6.92 Å². The molecule has 0 aromatic heterocycles. The summed E-state index contributed by atoms with van der Waals surface area (Å²) >= 11 is 0. The topological polar surface area (TPSA) is 52.6 Å².